The summed E-state index contributed by atoms with van der Waals surface area (Å²) in [4.78, 5) is 24.0. The van der Waals surface area contributed by atoms with E-state index in [9.17, 15) is 9.59 Å². The molecule has 0 radical (unpaired) electrons. The maximum absolute atomic E-state index is 12.2. The molecule has 9 heteroatoms. The molecule has 1 rings (SSSR count). The molecular formula is C11H18Cl3N2NaO2S. The van der Waals surface area contributed by atoms with E-state index in [2.05, 4.69) is 12.2 Å². The monoisotopic (exact) mass is 370 g/mol. The minimum atomic E-state index is -1.73. The van der Waals surface area contributed by atoms with Crippen LogP contribution in [0.15, 0.2) is 0 Å². The van der Waals surface area contributed by atoms with Gasteiger partial charge in [0.1, 0.15) is 6.04 Å². The number of carbonyl (C=O) groups is 2. The second-order valence-corrected chi connectivity index (χ2v) is 8.52. The van der Waals surface area contributed by atoms with Crippen molar-refractivity contribution in [2.45, 2.75) is 48.7 Å². The Labute approximate surface area is 162 Å². The second kappa shape index (κ2) is 9.33. The first-order valence-electron chi connectivity index (χ1n) is 6.20. The van der Waals surface area contributed by atoms with Gasteiger partial charge in [-0.25, -0.2) is 4.79 Å². The van der Waals surface area contributed by atoms with E-state index in [4.69, 9.17) is 34.8 Å². The standard InChI is InChI=1S/C11H17Cl3N2O2S.Na.H/c1-3-5-6-7(4-2)8-9(17)16(10(18)15-8)19-11(12,13)14;;/h7-8H,3-6H2,1-2H3,(H,15,18);;/q;+1;-1. The molecule has 0 aliphatic carbocycles. The van der Waals surface area contributed by atoms with Gasteiger partial charge in [-0.15, -0.1) is 0 Å². The average molecular weight is 372 g/mol. The largest absolute Gasteiger partial charge is 1.00 e. The molecule has 0 bridgehead atoms. The summed E-state index contributed by atoms with van der Waals surface area (Å²) in [6, 6.07) is -1.02. The van der Waals surface area contributed by atoms with Crippen molar-refractivity contribution in [3.05, 3.63) is 0 Å². The number of hydrogen-bond acceptors (Lipinski definition) is 3. The van der Waals surface area contributed by atoms with Gasteiger partial charge >= 0.3 is 35.6 Å². The molecule has 1 saturated heterocycles. The van der Waals surface area contributed by atoms with Gasteiger partial charge in [-0.3, -0.25) is 4.79 Å². The number of urea groups is 1. The molecule has 2 unspecified atom stereocenters. The number of amides is 3. The smallest absolute Gasteiger partial charge is 1.00 e. The fraction of sp³-hybridized carbons (Fsp3) is 0.818. The zero-order valence-corrected chi connectivity index (χ0v) is 16.9. The van der Waals surface area contributed by atoms with Gasteiger partial charge in [0.15, 0.2) is 0 Å². The SMILES string of the molecule is CCCCC(CC)C1NC(=O)N(SC(Cl)(Cl)Cl)C1=O.[H-].[Na+]. The van der Waals surface area contributed by atoms with Gasteiger partial charge in [0.25, 0.3) is 9.03 Å². The van der Waals surface area contributed by atoms with Gasteiger partial charge in [0.2, 0.25) is 0 Å². The Hall–Kier alpha value is 1.16. The van der Waals surface area contributed by atoms with Crippen LogP contribution in [0.2, 0.25) is 0 Å². The molecule has 20 heavy (non-hydrogen) atoms. The van der Waals surface area contributed by atoms with Crippen LogP contribution in [0.25, 0.3) is 0 Å². The van der Waals surface area contributed by atoms with Gasteiger partial charge in [-0.05, 0) is 12.3 Å². The summed E-state index contributed by atoms with van der Waals surface area (Å²) in [5, 5.41) is 2.68. The van der Waals surface area contributed by atoms with Crippen LogP contribution in [0.3, 0.4) is 0 Å². The van der Waals surface area contributed by atoms with E-state index in [0.29, 0.717) is 11.9 Å². The number of imide groups is 1. The molecule has 0 saturated carbocycles. The Bertz CT molecular complexity index is 361. The van der Waals surface area contributed by atoms with E-state index >= 15 is 0 Å². The molecule has 0 aromatic carbocycles. The first-order valence-corrected chi connectivity index (χ1v) is 8.11. The zero-order chi connectivity index (χ0) is 14.6. The van der Waals surface area contributed by atoms with Crippen LogP contribution in [-0.4, -0.2) is 25.4 Å². The molecule has 1 heterocycles. The van der Waals surface area contributed by atoms with E-state index in [-0.39, 0.29) is 42.8 Å². The molecule has 0 spiro atoms. The molecule has 1 aliphatic rings. The third kappa shape index (κ3) is 6.11. The number of carbonyl (C=O) groups excluding carboxylic acids is 2. The van der Waals surface area contributed by atoms with Crippen LogP contribution in [0.4, 0.5) is 4.79 Å². The molecule has 112 valence electrons. The van der Waals surface area contributed by atoms with Crippen molar-refractivity contribution in [2.75, 3.05) is 0 Å². The third-order valence-electron chi connectivity index (χ3n) is 3.05. The summed E-state index contributed by atoms with van der Waals surface area (Å²) in [6.07, 6.45) is 3.80. The number of halogens is 3. The van der Waals surface area contributed by atoms with Crippen LogP contribution < -0.4 is 34.9 Å². The van der Waals surface area contributed by atoms with Gasteiger partial charge in [0, 0.05) is 11.9 Å². The molecule has 1 aliphatic heterocycles. The third-order valence-corrected chi connectivity index (χ3v) is 4.41. The van der Waals surface area contributed by atoms with Crippen LogP contribution >= 0.6 is 46.8 Å². The van der Waals surface area contributed by atoms with Crippen molar-refractivity contribution < 1.29 is 40.6 Å². The Morgan fingerprint density at radius 1 is 1.40 bits per heavy atom. The summed E-state index contributed by atoms with van der Waals surface area (Å²) >= 11 is 17.4. The van der Waals surface area contributed by atoms with Crippen LogP contribution in [0.1, 0.15) is 41.0 Å². The number of alkyl halides is 3. The summed E-state index contributed by atoms with van der Waals surface area (Å²) in [5.74, 6) is -0.207. The summed E-state index contributed by atoms with van der Waals surface area (Å²) < 4.78 is -0.820. The maximum Gasteiger partial charge on any atom is 1.00 e. The van der Waals surface area contributed by atoms with Crippen molar-refractivity contribution in [1.82, 2.24) is 9.62 Å². The molecule has 1 fully saturated rings. The van der Waals surface area contributed by atoms with E-state index < -0.39 is 15.2 Å². The van der Waals surface area contributed by atoms with E-state index in [1.54, 1.807) is 0 Å². The minimum absolute atomic E-state index is 0. The number of nitrogens with one attached hydrogen (secondary N) is 1. The van der Waals surface area contributed by atoms with Crippen molar-refractivity contribution in [3.63, 3.8) is 0 Å². The van der Waals surface area contributed by atoms with Gasteiger partial charge in [-0.1, -0.05) is 67.9 Å². The second-order valence-electron chi connectivity index (χ2n) is 4.41. The fourth-order valence-corrected chi connectivity index (χ4v) is 3.23. The average Bonchev–Trinajstić information content (AvgIpc) is 2.57. The Morgan fingerprint density at radius 3 is 2.45 bits per heavy atom. The predicted molar refractivity (Wildman–Crippen MR) is 81.5 cm³/mol. The summed E-state index contributed by atoms with van der Waals surface area (Å²) in [7, 11) is 0. The van der Waals surface area contributed by atoms with Crippen molar-refractivity contribution >= 4 is 58.7 Å². The van der Waals surface area contributed by atoms with Crippen molar-refractivity contribution in [3.8, 4) is 0 Å². The number of hydrogen-bond donors (Lipinski definition) is 1. The molecule has 2 atom stereocenters. The maximum atomic E-state index is 12.2. The van der Waals surface area contributed by atoms with E-state index in [1.165, 1.54) is 0 Å². The Morgan fingerprint density at radius 2 is 2.00 bits per heavy atom. The Kier molecular flexibility index (Phi) is 9.87. The fourth-order valence-electron chi connectivity index (χ4n) is 2.06. The first kappa shape index (κ1) is 21.2. The van der Waals surface area contributed by atoms with Crippen LogP contribution in [0, 0.1) is 5.92 Å². The molecule has 1 N–H and O–H groups in total. The molecule has 3 amide bonds. The van der Waals surface area contributed by atoms with Crippen molar-refractivity contribution in [2.24, 2.45) is 5.92 Å². The number of rotatable bonds is 6. The molecular weight excluding hydrogens is 354 g/mol. The summed E-state index contributed by atoms with van der Waals surface area (Å²) in [5.41, 5.74) is 0. The molecule has 0 aromatic heterocycles. The van der Waals surface area contributed by atoms with E-state index in [1.807, 2.05) is 6.92 Å². The van der Waals surface area contributed by atoms with Crippen LogP contribution in [0.5, 0.6) is 0 Å². The van der Waals surface area contributed by atoms with Gasteiger partial charge in [0.05, 0.1) is 0 Å². The predicted octanol–water partition coefficient (Wildman–Crippen LogP) is 1.22. The number of nitrogens with zero attached hydrogens (tertiary/aromatic N) is 1. The van der Waals surface area contributed by atoms with E-state index in [0.717, 1.165) is 30.0 Å². The first-order chi connectivity index (χ1) is 8.80. The zero-order valence-electron chi connectivity index (χ0n) is 12.8. The Balaban J connectivity index is 0. The normalized spacial score (nSPS) is 20.6. The minimum Gasteiger partial charge on any atom is -1.00 e. The summed E-state index contributed by atoms with van der Waals surface area (Å²) in [6.45, 7) is 4.09. The quantitative estimate of drug-likeness (QED) is 0.330. The topological polar surface area (TPSA) is 49.4 Å². The molecule has 0 aromatic rings. The van der Waals surface area contributed by atoms with Gasteiger partial charge < -0.3 is 6.74 Å². The van der Waals surface area contributed by atoms with Crippen LogP contribution in [-0.2, 0) is 4.79 Å². The number of unbranched alkanes of at least 4 members (excludes halogenated alkanes) is 1. The molecule has 4 nitrogen and oxygen atoms in total. The van der Waals surface area contributed by atoms with Crippen molar-refractivity contribution in [1.29, 1.82) is 0 Å². The van der Waals surface area contributed by atoms with Gasteiger partial charge in [-0.2, -0.15) is 4.31 Å².